The first kappa shape index (κ1) is 12.6. The molecule has 0 bridgehead atoms. The van der Waals surface area contributed by atoms with Crippen LogP contribution in [0.1, 0.15) is 56.2 Å². The number of rotatable bonds is 5. The molecule has 0 amide bonds. The number of nitrogens with zero attached hydrogens (tertiary/aromatic N) is 1. The van der Waals surface area contributed by atoms with E-state index in [0.717, 1.165) is 18.9 Å². The second-order valence-corrected chi connectivity index (χ2v) is 5.15. The normalized spacial score (nSPS) is 25.1. The molecule has 0 spiro atoms. The van der Waals surface area contributed by atoms with Crippen LogP contribution in [0.5, 0.6) is 0 Å². The third-order valence-electron chi connectivity index (χ3n) is 4.10. The molecule has 1 fully saturated rings. The predicted molar refractivity (Wildman–Crippen MR) is 69.2 cm³/mol. The molecule has 0 atom stereocenters. The van der Waals surface area contributed by atoms with Crippen LogP contribution >= 0.6 is 0 Å². The average Bonchev–Trinajstić information content (AvgIpc) is 2.85. The topological polar surface area (TPSA) is 37.9 Å². The van der Waals surface area contributed by atoms with Gasteiger partial charge in [-0.15, -0.1) is 0 Å². The Kier molecular flexibility index (Phi) is 4.60. The van der Waals surface area contributed by atoms with E-state index in [1.807, 2.05) is 0 Å². The van der Waals surface area contributed by atoms with Crippen molar-refractivity contribution < 1.29 is 4.74 Å². The summed E-state index contributed by atoms with van der Waals surface area (Å²) < 4.78 is 5.16. The summed E-state index contributed by atoms with van der Waals surface area (Å²) in [4.78, 5) is 0. The van der Waals surface area contributed by atoms with Gasteiger partial charge in [-0.1, -0.05) is 6.92 Å². The summed E-state index contributed by atoms with van der Waals surface area (Å²) in [5.74, 6) is 1.56. The van der Waals surface area contributed by atoms with Gasteiger partial charge in [0.25, 0.3) is 0 Å². The maximum absolute atomic E-state index is 5.16. The molecule has 1 N–H and O–H groups in total. The Hall–Kier alpha value is -0.830. The molecule has 2 rings (SSSR count). The first-order valence-electron chi connectivity index (χ1n) is 6.86. The van der Waals surface area contributed by atoms with Gasteiger partial charge in [0.1, 0.15) is 0 Å². The molecule has 1 aromatic rings. The Labute approximate surface area is 104 Å². The van der Waals surface area contributed by atoms with Crippen LogP contribution in [-0.4, -0.2) is 23.9 Å². The van der Waals surface area contributed by atoms with E-state index in [2.05, 4.69) is 23.3 Å². The third kappa shape index (κ3) is 3.09. The zero-order valence-corrected chi connectivity index (χ0v) is 11.0. The largest absolute Gasteiger partial charge is 0.385 e. The highest BCUT2D eigenvalue weighted by molar-refractivity contribution is 5.20. The Morgan fingerprint density at radius 3 is 2.76 bits per heavy atom. The first-order chi connectivity index (χ1) is 8.35. The van der Waals surface area contributed by atoms with Crippen molar-refractivity contribution in [2.45, 2.75) is 51.4 Å². The standard InChI is InChI=1S/C14H24N2O/c1-3-12-10-15-16-14(12)13-6-4-11(5-7-13)8-9-17-2/h10-11,13H,3-9H2,1-2H3,(H,15,16). The number of aromatic nitrogens is 2. The summed E-state index contributed by atoms with van der Waals surface area (Å²) in [5, 5.41) is 7.47. The van der Waals surface area contributed by atoms with Crippen LogP contribution in [0.4, 0.5) is 0 Å². The minimum Gasteiger partial charge on any atom is -0.385 e. The van der Waals surface area contributed by atoms with E-state index >= 15 is 0 Å². The second-order valence-electron chi connectivity index (χ2n) is 5.15. The van der Waals surface area contributed by atoms with Gasteiger partial charge in [-0.3, -0.25) is 5.10 Å². The van der Waals surface area contributed by atoms with Crippen molar-refractivity contribution in [3.63, 3.8) is 0 Å². The Morgan fingerprint density at radius 2 is 2.12 bits per heavy atom. The van der Waals surface area contributed by atoms with E-state index in [1.165, 1.54) is 43.4 Å². The summed E-state index contributed by atoms with van der Waals surface area (Å²) in [6.07, 6.45) is 9.65. The highest BCUT2D eigenvalue weighted by atomic mass is 16.5. The molecule has 0 saturated heterocycles. The van der Waals surface area contributed by atoms with Crippen LogP contribution < -0.4 is 0 Å². The van der Waals surface area contributed by atoms with Gasteiger partial charge in [0.2, 0.25) is 0 Å². The summed E-state index contributed by atoms with van der Waals surface area (Å²) in [5.41, 5.74) is 2.74. The number of hydrogen-bond acceptors (Lipinski definition) is 2. The van der Waals surface area contributed by atoms with Gasteiger partial charge in [0, 0.05) is 25.8 Å². The molecule has 0 aromatic carbocycles. The van der Waals surface area contributed by atoms with Crippen LogP contribution in [0, 0.1) is 5.92 Å². The van der Waals surface area contributed by atoms with Gasteiger partial charge in [0.15, 0.2) is 0 Å². The molecular formula is C14H24N2O. The van der Waals surface area contributed by atoms with Crippen molar-refractivity contribution in [3.05, 3.63) is 17.5 Å². The average molecular weight is 236 g/mol. The van der Waals surface area contributed by atoms with Crippen molar-refractivity contribution in [1.29, 1.82) is 0 Å². The lowest BCUT2D eigenvalue weighted by molar-refractivity contribution is 0.162. The molecule has 1 heterocycles. The Bertz CT molecular complexity index is 327. The van der Waals surface area contributed by atoms with Gasteiger partial charge in [-0.25, -0.2) is 0 Å². The molecule has 0 aliphatic heterocycles. The molecule has 1 saturated carbocycles. The monoisotopic (exact) mass is 236 g/mol. The lowest BCUT2D eigenvalue weighted by atomic mass is 9.78. The fourth-order valence-electron chi connectivity index (χ4n) is 2.97. The SMILES string of the molecule is CCc1c[nH]nc1C1CCC(CCOC)CC1. The van der Waals surface area contributed by atoms with E-state index in [-0.39, 0.29) is 0 Å². The van der Waals surface area contributed by atoms with Crippen LogP contribution in [0.2, 0.25) is 0 Å². The van der Waals surface area contributed by atoms with Crippen molar-refractivity contribution in [1.82, 2.24) is 10.2 Å². The number of ether oxygens (including phenoxy) is 1. The number of aryl methyl sites for hydroxylation is 1. The smallest absolute Gasteiger partial charge is 0.0684 e. The lowest BCUT2D eigenvalue weighted by Gasteiger charge is -2.27. The third-order valence-corrected chi connectivity index (χ3v) is 4.10. The van der Waals surface area contributed by atoms with Crippen LogP contribution in [0.15, 0.2) is 6.20 Å². The number of methoxy groups -OCH3 is 1. The molecule has 3 heteroatoms. The highest BCUT2D eigenvalue weighted by Gasteiger charge is 2.24. The van der Waals surface area contributed by atoms with Crippen molar-refractivity contribution >= 4 is 0 Å². The van der Waals surface area contributed by atoms with E-state index in [9.17, 15) is 0 Å². The van der Waals surface area contributed by atoms with E-state index in [1.54, 1.807) is 7.11 Å². The van der Waals surface area contributed by atoms with Gasteiger partial charge in [0.05, 0.1) is 5.69 Å². The minimum absolute atomic E-state index is 0.690. The maximum Gasteiger partial charge on any atom is 0.0684 e. The molecular weight excluding hydrogens is 212 g/mol. The number of nitrogens with one attached hydrogen (secondary N) is 1. The van der Waals surface area contributed by atoms with Crippen molar-refractivity contribution in [2.75, 3.05) is 13.7 Å². The van der Waals surface area contributed by atoms with Gasteiger partial charge in [-0.2, -0.15) is 5.10 Å². The fourth-order valence-corrected chi connectivity index (χ4v) is 2.97. The Balaban J connectivity index is 1.86. The summed E-state index contributed by atoms with van der Waals surface area (Å²) in [7, 11) is 1.79. The number of aromatic amines is 1. The molecule has 0 unspecified atom stereocenters. The van der Waals surface area contributed by atoms with Crippen LogP contribution in [-0.2, 0) is 11.2 Å². The molecule has 3 nitrogen and oxygen atoms in total. The second kappa shape index (κ2) is 6.20. The van der Waals surface area contributed by atoms with Gasteiger partial charge < -0.3 is 4.74 Å². The van der Waals surface area contributed by atoms with E-state index < -0.39 is 0 Å². The number of hydrogen-bond donors (Lipinski definition) is 1. The summed E-state index contributed by atoms with van der Waals surface area (Å²) in [6, 6.07) is 0. The van der Waals surface area contributed by atoms with Crippen LogP contribution in [0.25, 0.3) is 0 Å². The molecule has 17 heavy (non-hydrogen) atoms. The van der Waals surface area contributed by atoms with Crippen molar-refractivity contribution in [3.8, 4) is 0 Å². The fraction of sp³-hybridized carbons (Fsp3) is 0.786. The molecule has 1 aliphatic carbocycles. The van der Waals surface area contributed by atoms with Crippen molar-refractivity contribution in [2.24, 2.45) is 5.92 Å². The highest BCUT2D eigenvalue weighted by Crippen LogP contribution is 2.37. The maximum atomic E-state index is 5.16. The van der Waals surface area contributed by atoms with Gasteiger partial charge in [-0.05, 0) is 50.0 Å². The minimum atomic E-state index is 0.690. The predicted octanol–water partition coefficient (Wildman–Crippen LogP) is 3.28. The van der Waals surface area contributed by atoms with Crippen LogP contribution in [0.3, 0.4) is 0 Å². The van der Waals surface area contributed by atoms with E-state index in [4.69, 9.17) is 4.74 Å². The zero-order chi connectivity index (χ0) is 12.1. The zero-order valence-electron chi connectivity index (χ0n) is 11.0. The quantitative estimate of drug-likeness (QED) is 0.852. The Morgan fingerprint density at radius 1 is 1.35 bits per heavy atom. The molecule has 96 valence electrons. The number of H-pyrrole nitrogens is 1. The summed E-state index contributed by atoms with van der Waals surface area (Å²) in [6.45, 7) is 3.12. The summed E-state index contributed by atoms with van der Waals surface area (Å²) >= 11 is 0. The molecule has 1 aliphatic rings. The lowest BCUT2D eigenvalue weighted by Crippen LogP contribution is -2.15. The molecule has 1 aromatic heterocycles. The van der Waals surface area contributed by atoms with Gasteiger partial charge >= 0.3 is 0 Å². The first-order valence-corrected chi connectivity index (χ1v) is 6.86. The van der Waals surface area contributed by atoms with E-state index in [0.29, 0.717) is 5.92 Å². The molecule has 0 radical (unpaired) electrons.